The normalized spacial score (nSPS) is 18.7. The molecule has 0 saturated carbocycles. The van der Waals surface area contributed by atoms with E-state index in [1.54, 1.807) is 4.68 Å². The van der Waals surface area contributed by atoms with E-state index in [4.69, 9.17) is 4.74 Å². The fourth-order valence-electron chi connectivity index (χ4n) is 2.46. The highest BCUT2D eigenvalue weighted by atomic mass is 127. The number of esters is 1. The zero-order chi connectivity index (χ0) is 16.4. The van der Waals surface area contributed by atoms with Crippen LogP contribution < -0.4 is 0 Å². The molecular formula is C15H15FIN3O3. The highest BCUT2D eigenvalue weighted by Gasteiger charge is 2.22. The molecule has 1 aliphatic rings. The minimum atomic E-state index is -0.565. The van der Waals surface area contributed by atoms with Crippen molar-refractivity contribution in [2.24, 2.45) is 0 Å². The Morgan fingerprint density at radius 3 is 3.09 bits per heavy atom. The van der Waals surface area contributed by atoms with Gasteiger partial charge in [0.15, 0.2) is 11.9 Å². The SMILES string of the molecule is COC(=O)/C=C/c1nc2c(cc1F)c(I)nn2C1CCCCO1. The van der Waals surface area contributed by atoms with Gasteiger partial charge in [0, 0.05) is 12.7 Å². The Morgan fingerprint density at radius 1 is 1.57 bits per heavy atom. The molecule has 1 unspecified atom stereocenters. The lowest BCUT2D eigenvalue weighted by Gasteiger charge is -2.23. The molecule has 122 valence electrons. The predicted molar refractivity (Wildman–Crippen MR) is 90.1 cm³/mol. The number of carbonyl (C=O) groups is 1. The molecule has 3 rings (SSSR count). The highest BCUT2D eigenvalue weighted by molar-refractivity contribution is 14.1. The number of rotatable bonds is 3. The second kappa shape index (κ2) is 6.91. The number of carbonyl (C=O) groups excluding carboxylic acids is 1. The number of ether oxygens (including phenoxy) is 2. The Kier molecular flexibility index (Phi) is 4.90. The van der Waals surface area contributed by atoms with Gasteiger partial charge in [0.05, 0.1) is 12.5 Å². The van der Waals surface area contributed by atoms with Crippen molar-refractivity contribution in [3.63, 3.8) is 0 Å². The number of nitrogens with zero attached hydrogens (tertiary/aromatic N) is 3. The molecule has 6 nitrogen and oxygen atoms in total. The quantitative estimate of drug-likeness (QED) is 0.425. The van der Waals surface area contributed by atoms with Gasteiger partial charge in [-0.2, -0.15) is 5.10 Å². The van der Waals surface area contributed by atoms with Gasteiger partial charge in [-0.1, -0.05) is 0 Å². The third kappa shape index (κ3) is 3.37. The third-order valence-electron chi connectivity index (χ3n) is 3.62. The summed E-state index contributed by atoms with van der Waals surface area (Å²) in [6.07, 6.45) is 5.18. The van der Waals surface area contributed by atoms with E-state index in [1.165, 1.54) is 19.3 Å². The van der Waals surface area contributed by atoms with Gasteiger partial charge in [0.2, 0.25) is 0 Å². The first-order valence-corrected chi connectivity index (χ1v) is 8.30. The summed E-state index contributed by atoms with van der Waals surface area (Å²) in [6, 6.07) is 1.38. The van der Waals surface area contributed by atoms with Crippen LogP contribution in [0.2, 0.25) is 0 Å². The number of aromatic nitrogens is 3. The second-order valence-electron chi connectivity index (χ2n) is 5.14. The molecule has 2 aromatic rings. The van der Waals surface area contributed by atoms with Gasteiger partial charge < -0.3 is 9.47 Å². The van der Waals surface area contributed by atoms with E-state index >= 15 is 0 Å². The molecular weight excluding hydrogens is 416 g/mol. The van der Waals surface area contributed by atoms with Crippen LogP contribution in [0.15, 0.2) is 12.1 Å². The molecule has 8 heteroatoms. The molecule has 1 fully saturated rings. The lowest BCUT2D eigenvalue weighted by molar-refractivity contribution is -0.134. The molecule has 2 aromatic heterocycles. The topological polar surface area (TPSA) is 66.2 Å². The first kappa shape index (κ1) is 16.3. The number of hydrogen-bond donors (Lipinski definition) is 0. The molecule has 0 aromatic carbocycles. The van der Waals surface area contributed by atoms with Crippen LogP contribution >= 0.6 is 22.6 Å². The van der Waals surface area contributed by atoms with Crippen molar-refractivity contribution < 1.29 is 18.7 Å². The third-order valence-corrected chi connectivity index (χ3v) is 4.42. The predicted octanol–water partition coefficient (Wildman–Crippen LogP) is 3.06. The molecule has 0 spiro atoms. The van der Waals surface area contributed by atoms with E-state index in [2.05, 4.69) is 37.4 Å². The smallest absolute Gasteiger partial charge is 0.330 e. The zero-order valence-corrected chi connectivity index (χ0v) is 14.6. The molecule has 0 aliphatic carbocycles. The number of fused-ring (bicyclic) bond motifs is 1. The molecule has 0 amide bonds. The maximum Gasteiger partial charge on any atom is 0.330 e. The van der Waals surface area contributed by atoms with Crippen LogP contribution in [0.1, 0.15) is 31.2 Å². The molecule has 1 atom stereocenters. The van der Waals surface area contributed by atoms with Crippen LogP contribution in [-0.2, 0) is 14.3 Å². The van der Waals surface area contributed by atoms with Gasteiger partial charge in [0.25, 0.3) is 0 Å². The molecule has 0 bridgehead atoms. The van der Waals surface area contributed by atoms with Gasteiger partial charge in [-0.05, 0) is 54.0 Å². The van der Waals surface area contributed by atoms with E-state index in [-0.39, 0.29) is 11.9 Å². The Balaban J connectivity index is 2.05. The zero-order valence-electron chi connectivity index (χ0n) is 12.5. The van der Waals surface area contributed by atoms with E-state index in [0.29, 0.717) is 21.3 Å². The van der Waals surface area contributed by atoms with Gasteiger partial charge >= 0.3 is 5.97 Å². The Hall–Kier alpha value is -1.55. The highest BCUT2D eigenvalue weighted by Crippen LogP contribution is 2.29. The van der Waals surface area contributed by atoms with Crippen LogP contribution in [0.5, 0.6) is 0 Å². The van der Waals surface area contributed by atoms with Crippen molar-refractivity contribution in [2.45, 2.75) is 25.5 Å². The number of pyridine rings is 1. The van der Waals surface area contributed by atoms with Gasteiger partial charge in [0.1, 0.15) is 15.2 Å². The number of hydrogen-bond acceptors (Lipinski definition) is 5. The van der Waals surface area contributed by atoms with Crippen LogP contribution in [0.4, 0.5) is 4.39 Å². The Labute approximate surface area is 145 Å². The Bertz CT molecular complexity index is 769. The monoisotopic (exact) mass is 431 g/mol. The van der Waals surface area contributed by atoms with E-state index in [1.807, 2.05) is 0 Å². The van der Waals surface area contributed by atoms with Crippen LogP contribution in [-0.4, -0.2) is 34.5 Å². The summed E-state index contributed by atoms with van der Waals surface area (Å²) in [4.78, 5) is 15.5. The lowest BCUT2D eigenvalue weighted by atomic mass is 10.2. The minimum Gasteiger partial charge on any atom is -0.466 e. The first-order chi connectivity index (χ1) is 11.1. The molecule has 3 heterocycles. The standard InChI is InChI=1S/C15H15FIN3O3/c1-22-13(21)6-5-11-10(16)8-9-14(17)19-20(15(9)18-11)12-4-2-3-7-23-12/h5-6,8,12H,2-4,7H2,1H3/b6-5+. The largest absolute Gasteiger partial charge is 0.466 e. The number of methoxy groups -OCH3 is 1. The summed E-state index contributed by atoms with van der Waals surface area (Å²) in [6.45, 7) is 0.679. The van der Waals surface area contributed by atoms with Crippen molar-refractivity contribution >= 4 is 45.7 Å². The van der Waals surface area contributed by atoms with Crippen molar-refractivity contribution in [3.8, 4) is 0 Å². The van der Waals surface area contributed by atoms with Gasteiger partial charge in [-0.15, -0.1) is 0 Å². The van der Waals surface area contributed by atoms with Gasteiger partial charge in [-0.25, -0.2) is 18.9 Å². The second-order valence-corrected chi connectivity index (χ2v) is 6.16. The summed E-state index contributed by atoms with van der Waals surface area (Å²) in [5.74, 6) is -1.08. The summed E-state index contributed by atoms with van der Waals surface area (Å²) in [5, 5.41) is 5.07. The lowest BCUT2D eigenvalue weighted by Crippen LogP contribution is -2.19. The van der Waals surface area contributed by atoms with E-state index in [9.17, 15) is 9.18 Å². The van der Waals surface area contributed by atoms with Crippen molar-refractivity contribution in [3.05, 3.63) is 27.4 Å². The fraction of sp³-hybridized carbons (Fsp3) is 0.400. The summed E-state index contributed by atoms with van der Waals surface area (Å²) >= 11 is 2.06. The molecule has 1 saturated heterocycles. The minimum absolute atomic E-state index is 0.0660. The first-order valence-electron chi connectivity index (χ1n) is 7.22. The fourth-order valence-corrected chi connectivity index (χ4v) is 3.09. The van der Waals surface area contributed by atoms with Crippen molar-refractivity contribution in [1.29, 1.82) is 0 Å². The van der Waals surface area contributed by atoms with Crippen LogP contribution in [0, 0.1) is 9.52 Å². The maximum absolute atomic E-state index is 14.2. The summed E-state index contributed by atoms with van der Waals surface area (Å²) in [5.41, 5.74) is 0.614. The maximum atomic E-state index is 14.2. The van der Waals surface area contributed by atoms with E-state index < -0.39 is 11.8 Å². The van der Waals surface area contributed by atoms with Crippen molar-refractivity contribution in [2.75, 3.05) is 13.7 Å². The van der Waals surface area contributed by atoms with Gasteiger partial charge in [-0.3, -0.25) is 0 Å². The summed E-state index contributed by atoms with van der Waals surface area (Å²) < 4.78 is 26.8. The summed E-state index contributed by atoms with van der Waals surface area (Å²) in [7, 11) is 1.26. The van der Waals surface area contributed by atoms with Crippen LogP contribution in [0.3, 0.4) is 0 Å². The molecule has 0 radical (unpaired) electrons. The molecule has 1 aliphatic heterocycles. The molecule has 23 heavy (non-hydrogen) atoms. The average molecular weight is 431 g/mol. The number of halogens is 2. The van der Waals surface area contributed by atoms with Crippen LogP contribution in [0.25, 0.3) is 17.1 Å². The Morgan fingerprint density at radius 2 is 2.39 bits per heavy atom. The molecule has 0 N–H and O–H groups in total. The van der Waals surface area contributed by atoms with E-state index in [0.717, 1.165) is 25.3 Å². The van der Waals surface area contributed by atoms with Crippen molar-refractivity contribution in [1.82, 2.24) is 14.8 Å². The average Bonchev–Trinajstić information content (AvgIpc) is 2.89.